The first-order valence-electron chi connectivity index (χ1n) is 6.66. The van der Waals surface area contributed by atoms with E-state index in [0.29, 0.717) is 12.1 Å². The molecule has 3 rings (SSSR count). The summed E-state index contributed by atoms with van der Waals surface area (Å²) in [7, 11) is 0. The number of hydrogen-bond acceptors (Lipinski definition) is 3. The van der Waals surface area contributed by atoms with Gasteiger partial charge >= 0.3 is 0 Å². The zero-order chi connectivity index (χ0) is 13.8. The van der Waals surface area contributed by atoms with Crippen LogP contribution >= 0.6 is 0 Å². The fourth-order valence-electron chi connectivity index (χ4n) is 2.41. The molecular formula is C14H20N2O3. The van der Waals surface area contributed by atoms with Crippen molar-refractivity contribution in [2.75, 3.05) is 6.54 Å². The van der Waals surface area contributed by atoms with Crippen molar-refractivity contribution >= 4 is 5.91 Å². The summed E-state index contributed by atoms with van der Waals surface area (Å²) in [5, 5.41) is 2.83. The Morgan fingerprint density at radius 2 is 1.84 bits per heavy atom. The van der Waals surface area contributed by atoms with Crippen LogP contribution in [-0.2, 0) is 15.9 Å². The van der Waals surface area contributed by atoms with Gasteiger partial charge in [0.15, 0.2) is 6.29 Å². The van der Waals surface area contributed by atoms with Crippen molar-refractivity contribution in [2.24, 2.45) is 0 Å². The molecule has 1 aromatic rings. The van der Waals surface area contributed by atoms with Crippen molar-refractivity contribution in [1.82, 2.24) is 10.3 Å². The summed E-state index contributed by atoms with van der Waals surface area (Å²) in [5.74, 6) is -0.0275. The molecule has 5 nitrogen and oxygen atoms in total. The summed E-state index contributed by atoms with van der Waals surface area (Å²) in [5.41, 5.74) is 1.75. The van der Waals surface area contributed by atoms with Crippen molar-refractivity contribution < 1.29 is 14.3 Å². The molecule has 0 unspecified atom stereocenters. The summed E-state index contributed by atoms with van der Waals surface area (Å²) in [6.45, 7) is 8.74. The fraction of sp³-hybridized carbons (Fsp3) is 0.643. The normalized spacial score (nSPS) is 25.2. The minimum Gasteiger partial charge on any atom is -0.357 e. The van der Waals surface area contributed by atoms with Gasteiger partial charge in [-0.05, 0) is 33.8 Å². The van der Waals surface area contributed by atoms with Gasteiger partial charge in [-0.3, -0.25) is 4.79 Å². The van der Waals surface area contributed by atoms with Gasteiger partial charge in [-0.1, -0.05) is 0 Å². The highest BCUT2D eigenvalue weighted by atomic mass is 16.7. The Hall–Kier alpha value is -1.33. The highest BCUT2D eigenvalue weighted by molar-refractivity contribution is 5.96. The molecule has 5 heteroatoms. The average Bonchev–Trinajstić information content (AvgIpc) is 2.80. The molecular weight excluding hydrogens is 244 g/mol. The second kappa shape index (κ2) is 3.84. The van der Waals surface area contributed by atoms with Gasteiger partial charge in [0.05, 0.1) is 22.5 Å². The lowest BCUT2D eigenvalue weighted by molar-refractivity contribution is -0.0920. The number of nitrogens with one attached hydrogen (secondary N) is 2. The minimum absolute atomic E-state index is 0.0275. The van der Waals surface area contributed by atoms with Gasteiger partial charge in [-0.25, -0.2) is 0 Å². The van der Waals surface area contributed by atoms with E-state index >= 15 is 0 Å². The standard InChI is InChI=1S/C14H20N2O3/c1-13(2)14(3,4)19-12(18-13)10-7-8-9(16-10)5-6-15-11(8)17/h7,12,16H,5-6H2,1-4H3,(H,15,17). The lowest BCUT2D eigenvalue weighted by Gasteiger charge is -2.30. The Kier molecular flexibility index (Phi) is 2.56. The number of aromatic amines is 1. The first-order chi connectivity index (χ1) is 8.80. The molecule has 2 aliphatic rings. The van der Waals surface area contributed by atoms with E-state index in [1.807, 2.05) is 33.8 Å². The minimum atomic E-state index is -0.441. The van der Waals surface area contributed by atoms with Crippen LogP contribution in [0.3, 0.4) is 0 Å². The second-order valence-corrected chi connectivity index (χ2v) is 6.21. The van der Waals surface area contributed by atoms with E-state index in [1.165, 1.54) is 0 Å². The lowest BCUT2D eigenvalue weighted by Crippen LogP contribution is -2.41. The molecule has 0 aliphatic carbocycles. The van der Waals surface area contributed by atoms with E-state index in [1.54, 1.807) is 0 Å². The maximum absolute atomic E-state index is 11.8. The number of fused-ring (bicyclic) bond motifs is 1. The molecule has 1 amide bonds. The quantitative estimate of drug-likeness (QED) is 0.814. The van der Waals surface area contributed by atoms with Gasteiger partial charge in [0.25, 0.3) is 5.91 Å². The smallest absolute Gasteiger partial charge is 0.253 e. The fourth-order valence-corrected chi connectivity index (χ4v) is 2.41. The van der Waals surface area contributed by atoms with E-state index in [-0.39, 0.29) is 17.1 Å². The molecule has 1 aromatic heterocycles. The largest absolute Gasteiger partial charge is 0.357 e. The summed E-state index contributed by atoms with van der Waals surface area (Å²) in [6.07, 6.45) is 0.379. The number of hydrogen-bond donors (Lipinski definition) is 2. The predicted octanol–water partition coefficient (Wildman–Crippen LogP) is 1.90. The predicted molar refractivity (Wildman–Crippen MR) is 69.9 cm³/mol. The molecule has 0 aromatic carbocycles. The van der Waals surface area contributed by atoms with Crippen LogP contribution in [0.25, 0.3) is 0 Å². The zero-order valence-electron chi connectivity index (χ0n) is 11.8. The molecule has 19 heavy (non-hydrogen) atoms. The Labute approximate surface area is 112 Å². The van der Waals surface area contributed by atoms with Gasteiger partial charge in [-0.2, -0.15) is 0 Å². The highest BCUT2D eigenvalue weighted by Crippen LogP contribution is 2.44. The number of carbonyl (C=O) groups is 1. The molecule has 0 atom stereocenters. The van der Waals surface area contributed by atoms with Crippen LogP contribution in [0.2, 0.25) is 0 Å². The zero-order valence-corrected chi connectivity index (χ0v) is 11.8. The molecule has 0 radical (unpaired) electrons. The van der Waals surface area contributed by atoms with Crippen molar-refractivity contribution in [1.29, 1.82) is 0 Å². The van der Waals surface area contributed by atoms with Crippen LogP contribution in [0, 0.1) is 0 Å². The Morgan fingerprint density at radius 1 is 1.21 bits per heavy atom. The number of rotatable bonds is 1. The topological polar surface area (TPSA) is 63.3 Å². The highest BCUT2D eigenvalue weighted by Gasteiger charge is 2.50. The molecule has 0 saturated carbocycles. The van der Waals surface area contributed by atoms with Crippen molar-refractivity contribution in [3.8, 4) is 0 Å². The van der Waals surface area contributed by atoms with Crippen LogP contribution in [0.1, 0.15) is 55.7 Å². The first-order valence-corrected chi connectivity index (χ1v) is 6.66. The van der Waals surface area contributed by atoms with E-state index in [4.69, 9.17) is 9.47 Å². The Balaban J connectivity index is 1.91. The van der Waals surface area contributed by atoms with Crippen molar-refractivity contribution in [3.63, 3.8) is 0 Å². The number of H-pyrrole nitrogens is 1. The van der Waals surface area contributed by atoms with E-state index in [0.717, 1.165) is 17.8 Å². The van der Waals surface area contributed by atoms with E-state index < -0.39 is 6.29 Å². The van der Waals surface area contributed by atoms with Crippen LogP contribution in [0.15, 0.2) is 6.07 Å². The van der Waals surface area contributed by atoms with Crippen molar-refractivity contribution in [3.05, 3.63) is 23.0 Å². The molecule has 104 valence electrons. The van der Waals surface area contributed by atoms with Gasteiger partial charge in [0.2, 0.25) is 0 Å². The van der Waals surface area contributed by atoms with E-state index in [9.17, 15) is 4.79 Å². The van der Waals surface area contributed by atoms with Crippen LogP contribution in [0.4, 0.5) is 0 Å². The van der Waals surface area contributed by atoms with E-state index in [2.05, 4.69) is 10.3 Å². The molecule has 1 saturated heterocycles. The third-order valence-electron chi connectivity index (χ3n) is 4.33. The third kappa shape index (κ3) is 1.88. The monoisotopic (exact) mass is 264 g/mol. The molecule has 3 heterocycles. The van der Waals surface area contributed by atoms with Gasteiger partial charge < -0.3 is 19.8 Å². The lowest BCUT2D eigenvalue weighted by atomic mass is 9.90. The second-order valence-electron chi connectivity index (χ2n) is 6.21. The van der Waals surface area contributed by atoms with Crippen molar-refractivity contribution in [2.45, 2.75) is 51.6 Å². The SMILES string of the molecule is CC1(C)OC(c2cc3c([nH]2)CCNC3=O)OC1(C)C. The number of amides is 1. The maximum Gasteiger partial charge on any atom is 0.253 e. The Morgan fingerprint density at radius 3 is 2.42 bits per heavy atom. The average molecular weight is 264 g/mol. The summed E-state index contributed by atoms with van der Waals surface area (Å²) in [4.78, 5) is 15.0. The number of ether oxygens (including phenoxy) is 2. The Bertz CT molecular complexity index is 515. The summed E-state index contributed by atoms with van der Waals surface area (Å²) >= 11 is 0. The summed E-state index contributed by atoms with van der Waals surface area (Å²) < 4.78 is 12.0. The molecule has 2 aliphatic heterocycles. The molecule has 2 N–H and O–H groups in total. The third-order valence-corrected chi connectivity index (χ3v) is 4.33. The number of aromatic nitrogens is 1. The molecule has 1 fully saturated rings. The van der Waals surface area contributed by atoms with Crippen LogP contribution in [0.5, 0.6) is 0 Å². The summed E-state index contributed by atoms with van der Waals surface area (Å²) in [6, 6.07) is 1.84. The van der Waals surface area contributed by atoms with Gasteiger partial charge in [0, 0.05) is 18.7 Å². The van der Waals surface area contributed by atoms with Gasteiger partial charge in [0.1, 0.15) is 0 Å². The number of carbonyl (C=O) groups excluding carboxylic acids is 1. The van der Waals surface area contributed by atoms with Crippen LogP contribution < -0.4 is 5.32 Å². The molecule has 0 bridgehead atoms. The van der Waals surface area contributed by atoms with Gasteiger partial charge in [-0.15, -0.1) is 0 Å². The first kappa shape index (κ1) is 12.7. The molecule has 0 spiro atoms. The van der Waals surface area contributed by atoms with Crippen LogP contribution in [-0.4, -0.2) is 28.6 Å². The maximum atomic E-state index is 11.8.